The number of rotatable bonds is 28. The number of aliphatic hydroxyl groups excluding tert-OH is 4. The first-order valence-electron chi connectivity index (χ1n) is 22.2. The van der Waals surface area contributed by atoms with Gasteiger partial charge in [-0.05, 0) is 87.0 Å². The summed E-state index contributed by atoms with van der Waals surface area (Å²) in [5, 5.41) is 58.3. The van der Waals surface area contributed by atoms with E-state index in [4.69, 9.17) is 28.0 Å². The van der Waals surface area contributed by atoms with E-state index in [-0.39, 0.29) is 0 Å². The lowest BCUT2D eigenvalue weighted by Gasteiger charge is -2.49. The summed E-state index contributed by atoms with van der Waals surface area (Å²) < 4.78 is 64.2. The fourth-order valence-corrected chi connectivity index (χ4v) is 9.10. The van der Waals surface area contributed by atoms with Gasteiger partial charge in [0, 0.05) is 13.8 Å². The van der Waals surface area contributed by atoms with Crippen molar-refractivity contribution in [3.8, 4) is 0 Å². The van der Waals surface area contributed by atoms with Crippen LogP contribution in [-0.4, -0.2) is 159 Å². The molecule has 2 aliphatic rings. The van der Waals surface area contributed by atoms with Gasteiger partial charge in [0.25, 0.3) is 0 Å². The highest BCUT2D eigenvalue weighted by Crippen LogP contribution is 2.60. The van der Waals surface area contributed by atoms with Crippen LogP contribution in [0, 0.1) is 0 Å². The molecule has 68 heavy (non-hydrogen) atoms. The molecule has 0 bridgehead atoms. The molecule has 2 fully saturated rings. The van der Waals surface area contributed by atoms with E-state index in [0.717, 1.165) is 45.1 Å². The molecule has 3 amide bonds. The first kappa shape index (κ1) is 60.9. The summed E-state index contributed by atoms with van der Waals surface area (Å²) in [5.41, 5.74) is 4.66. The Morgan fingerprint density at radius 2 is 1.19 bits per heavy atom. The van der Waals surface area contributed by atoms with Gasteiger partial charge in [0.1, 0.15) is 60.9 Å². The van der Waals surface area contributed by atoms with Crippen molar-refractivity contribution in [1.82, 2.24) is 16.0 Å². The third kappa shape index (κ3) is 21.4. The lowest BCUT2D eigenvalue weighted by molar-refractivity contribution is -0.320. The molecule has 14 atom stereocenters. The maximum Gasteiger partial charge on any atom is 0.481 e. The summed E-state index contributed by atoms with van der Waals surface area (Å²) in [6.07, 6.45) is -1.71. The number of amides is 3. The number of allylic oxidation sites excluding steroid dienone is 7. The van der Waals surface area contributed by atoms with Gasteiger partial charge >= 0.3 is 21.6 Å². The van der Waals surface area contributed by atoms with E-state index >= 15 is 0 Å². The number of hydrogen-bond acceptors (Lipinski definition) is 17. The largest absolute Gasteiger partial charge is 0.481 e. The maximum absolute atomic E-state index is 13.1. The van der Waals surface area contributed by atoms with Gasteiger partial charge in [-0.25, -0.2) is 9.13 Å². The number of nitrogens with one attached hydrogen (secondary N) is 3. The fourth-order valence-electron chi connectivity index (χ4n) is 7.08. The van der Waals surface area contributed by atoms with Gasteiger partial charge in [-0.1, -0.05) is 46.6 Å². The molecule has 2 unspecified atom stereocenters. The third-order valence-electron chi connectivity index (χ3n) is 10.8. The summed E-state index contributed by atoms with van der Waals surface area (Å²) >= 11 is 0. The van der Waals surface area contributed by atoms with Gasteiger partial charge in [0.05, 0.1) is 32.5 Å². The van der Waals surface area contributed by atoms with E-state index < -0.39 is 139 Å². The van der Waals surface area contributed by atoms with E-state index in [0.29, 0.717) is 12.8 Å². The van der Waals surface area contributed by atoms with E-state index in [9.17, 15) is 63.6 Å². The summed E-state index contributed by atoms with van der Waals surface area (Å²) in [4.78, 5) is 70.4. The molecule has 0 spiro atoms. The minimum atomic E-state index is -5.52. The molecule has 0 aliphatic carbocycles. The summed E-state index contributed by atoms with van der Waals surface area (Å²) in [5.74, 6) is -3.88. The summed E-state index contributed by atoms with van der Waals surface area (Å²) in [6.45, 7) is 11.3. The molecule has 0 aromatic carbocycles. The van der Waals surface area contributed by atoms with Crippen LogP contribution < -0.4 is 16.0 Å². The van der Waals surface area contributed by atoms with Crippen molar-refractivity contribution in [3.05, 3.63) is 46.6 Å². The van der Waals surface area contributed by atoms with Crippen LogP contribution in [0.1, 0.15) is 101 Å². The Bertz CT molecular complexity index is 1890. The number of carboxylic acid groups (broad SMARTS) is 1. The SMILES string of the molecule is CC(=O)N[C@@H]1[C@@H](O[C@H](C)C(=O)N[C@@H](C)C(=O)O)[C@H](O[C@@H]2O[C@H](CO)[C@@H](O)[C@H](O)[C@H]2NC(C)=O)[C@@H](CO)O[C@@H]1COP(=O)(O)OP(=O)(O)OC/C=C(\C)CC/C=C(\C)CC/C=C(\C)CCC=C(C)C. The molecule has 0 aromatic heterocycles. The Morgan fingerprint density at radius 1 is 0.676 bits per heavy atom. The fraction of sp³-hybridized carbons (Fsp3) is 0.721. The van der Waals surface area contributed by atoms with E-state index in [2.05, 4.69) is 59.3 Å². The van der Waals surface area contributed by atoms with Crippen molar-refractivity contribution in [3.63, 3.8) is 0 Å². The molecule has 2 aliphatic heterocycles. The molecule has 2 rings (SSSR count). The van der Waals surface area contributed by atoms with Gasteiger partial charge in [-0.2, -0.15) is 4.31 Å². The van der Waals surface area contributed by atoms with Crippen LogP contribution in [0.3, 0.4) is 0 Å². The van der Waals surface area contributed by atoms with Gasteiger partial charge in [0.15, 0.2) is 6.29 Å². The first-order valence-corrected chi connectivity index (χ1v) is 25.2. The number of ether oxygens (including phenoxy) is 4. The molecule has 2 saturated heterocycles. The van der Waals surface area contributed by atoms with Crippen LogP contribution in [0.4, 0.5) is 0 Å². The van der Waals surface area contributed by atoms with E-state index in [1.807, 2.05) is 6.92 Å². The lowest BCUT2D eigenvalue weighted by atomic mass is 9.91. The maximum atomic E-state index is 13.1. The van der Waals surface area contributed by atoms with Crippen LogP contribution in [-0.2, 0) is 60.6 Å². The van der Waals surface area contributed by atoms with Crippen LogP contribution in [0.25, 0.3) is 0 Å². The Labute approximate surface area is 397 Å². The number of carbonyl (C=O) groups excluding carboxylic acids is 3. The second-order valence-corrected chi connectivity index (χ2v) is 20.2. The minimum Gasteiger partial charge on any atom is -0.480 e. The Morgan fingerprint density at radius 3 is 1.71 bits per heavy atom. The molecule has 2 heterocycles. The second kappa shape index (κ2) is 29.2. The normalized spacial score (nSPS) is 28.6. The zero-order valence-corrected chi connectivity index (χ0v) is 41.9. The Hall–Kier alpha value is -3.22. The Balaban J connectivity index is 2.27. The first-order chi connectivity index (χ1) is 31.7. The molecule has 0 saturated carbocycles. The number of phosphoric acid groups is 2. The summed E-state index contributed by atoms with van der Waals surface area (Å²) in [7, 11) is -10.8. The van der Waals surface area contributed by atoms with Crippen molar-refractivity contribution >= 4 is 39.3 Å². The molecule has 0 radical (unpaired) electrons. The number of aliphatic carboxylic acids is 1. The molecule has 10 N–H and O–H groups in total. The predicted molar refractivity (Wildman–Crippen MR) is 244 cm³/mol. The Kier molecular flexibility index (Phi) is 26.2. The highest BCUT2D eigenvalue weighted by molar-refractivity contribution is 7.61. The highest BCUT2D eigenvalue weighted by Gasteiger charge is 2.53. The van der Waals surface area contributed by atoms with Gasteiger partial charge < -0.3 is 70.2 Å². The zero-order chi connectivity index (χ0) is 51.5. The average Bonchev–Trinajstić information content (AvgIpc) is 3.22. The van der Waals surface area contributed by atoms with Crippen molar-refractivity contribution < 1.29 is 95.9 Å². The zero-order valence-electron chi connectivity index (χ0n) is 40.1. The van der Waals surface area contributed by atoms with Gasteiger partial charge in [0.2, 0.25) is 17.7 Å². The summed E-state index contributed by atoms with van der Waals surface area (Å²) in [6, 6.07) is -4.52. The van der Waals surface area contributed by atoms with Crippen molar-refractivity contribution in [2.45, 2.75) is 174 Å². The standard InChI is InChI=1S/C43H73N3O20P2/c1-24(2)13-10-14-25(3)15-11-16-26(4)17-12-18-27(5)19-20-60-67(56,57)66-68(58,59)61-23-34-35(45-30(8)49)40(62-29(7)41(53)44-28(6)42(54)55)39(33(22-48)63-34)65-43-36(46-31(9)50)38(52)37(51)32(21-47)64-43/h13,15,17,19,28-29,32-40,43,47-48,51-52H,10-12,14,16,18,20-23H2,1-9H3,(H,44,53)(H,45,49)(H,46,50)(H,54,55)(H,56,57)(H,58,59)/b25-15+,26-17+,27-19+/t28-,29+,32+,33+,34+,35-,36+,37+,38+,39+,40+,43-/m0/s1. The molecule has 23 nitrogen and oxygen atoms in total. The monoisotopic (exact) mass is 1010 g/mol. The minimum absolute atomic E-state index is 0.479. The van der Waals surface area contributed by atoms with Crippen LogP contribution in [0.2, 0.25) is 0 Å². The molecule has 0 aromatic rings. The third-order valence-corrected chi connectivity index (χ3v) is 13.4. The van der Waals surface area contributed by atoms with Gasteiger partial charge in [-0.3, -0.25) is 28.2 Å². The number of aliphatic hydroxyl groups is 4. The average molecular weight is 1010 g/mol. The van der Waals surface area contributed by atoms with E-state index in [1.54, 1.807) is 6.92 Å². The quantitative estimate of drug-likeness (QED) is 0.0397. The van der Waals surface area contributed by atoms with Crippen LogP contribution >= 0.6 is 15.6 Å². The smallest absolute Gasteiger partial charge is 0.480 e. The van der Waals surface area contributed by atoms with Crippen molar-refractivity contribution in [2.75, 3.05) is 26.4 Å². The van der Waals surface area contributed by atoms with Crippen LogP contribution in [0.5, 0.6) is 0 Å². The number of phosphoric ester groups is 2. The number of carbonyl (C=O) groups is 4. The predicted octanol–water partition coefficient (Wildman–Crippen LogP) is 2.34. The molecule has 390 valence electrons. The van der Waals surface area contributed by atoms with E-state index in [1.165, 1.54) is 36.6 Å². The van der Waals surface area contributed by atoms with Gasteiger partial charge in [-0.15, -0.1) is 0 Å². The number of hydrogen-bond donors (Lipinski definition) is 10. The molecular weight excluding hydrogens is 940 g/mol. The highest BCUT2D eigenvalue weighted by atomic mass is 31.3. The van der Waals surface area contributed by atoms with Crippen LogP contribution in [0.15, 0.2) is 46.6 Å². The molecular formula is C43H73N3O20P2. The number of carboxylic acids is 1. The second-order valence-electron chi connectivity index (χ2n) is 17.1. The van der Waals surface area contributed by atoms with Crippen molar-refractivity contribution in [1.29, 1.82) is 0 Å². The molecule has 25 heteroatoms. The topological polar surface area (TPSA) is 345 Å². The lowest BCUT2D eigenvalue weighted by Crippen LogP contribution is -2.70. The van der Waals surface area contributed by atoms with Crippen molar-refractivity contribution in [2.24, 2.45) is 0 Å².